The zero-order valence-electron chi connectivity index (χ0n) is 16.1. The van der Waals surface area contributed by atoms with Crippen LogP contribution in [0.1, 0.15) is 27.0 Å². The Balaban J connectivity index is 1.90. The van der Waals surface area contributed by atoms with Crippen LogP contribution in [0.25, 0.3) is 0 Å². The molecule has 0 aliphatic carbocycles. The van der Waals surface area contributed by atoms with Crippen LogP contribution in [0.15, 0.2) is 42.5 Å². The summed E-state index contributed by atoms with van der Waals surface area (Å²) in [5, 5.41) is 51.1. The van der Waals surface area contributed by atoms with Crippen molar-refractivity contribution < 1.29 is 39.8 Å². The highest BCUT2D eigenvalue weighted by Gasteiger charge is 2.53. The van der Waals surface area contributed by atoms with Crippen molar-refractivity contribution in [2.45, 2.75) is 36.6 Å². The molecule has 0 spiro atoms. The van der Waals surface area contributed by atoms with Gasteiger partial charge in [-0.3, -0.25) is 0 Å². The van der Waals surface area contributed by atoms with E-state index in [-0.39, 0.29) is 5.56 Å². The number of aliphatic hydroxyl groups is 5. The maximum absolute atomic E-state index is 11.6. The SMILES string of the molecule is COC(=O)c1ccc(Cc2cc([C@@]3(O)O[C@H](CO)[C@@H](O)[C@H](O)[C@H]3O)ccc2Cl)cc1. The van der Waals surface area contributed by atoms with Crippen molar-refractivity contribution in [3.05, 3.63) is 69.7 Å². The van der Waals surface area contributed by atoms with Crippen LogP contribution in [0.4, 0.5) is 0 Å². The molecule has 5 atom stereocenters. The summed E-state index contributed by atoms with van der Waals surface area (Å²) in [7, 11) is 1.30. The molecule has 162 valence electrons. The zero-order chi connectivity index (χ0) is 22.1. The summed E-state index contributed by atoms with van der Waals surface area (Å²) in [6.45, 7) is -0.666. The highest BCUT2D eigenvalue weighted by Crippen LogP contribution is 2.37. The van der Waals surface area contributed by atoms with Gasteiger partial charge in [0.1, 0.15) is 24.4 Å². The highest BCUT2D eigenvalue weighted by atomic mass is 35.5. The first-order valence-electron chi connectivity index (χ1n) is 9.22. The molecule has 30 heavy (non-hydrogen) atoms. The molecule has 0 bridgehead atoms. The minimum absolute atomic E-state index is 0.102. The minimum Gasteiger partial charge on any atom is -0.465 e. The molecule has 1 aliphatic heterocycles. The number of carbonyl (C=O) groups excluding carboxylic acids is 1. The average Bonchev–Trinajstić information content (AvgIpc) is 2.76. The molecule has 0 radical (unpaired) electrons. The fourth-order valence-electron chi connectivity index (χ4n) is 3.42. The first-order valence-corrected chi connectivity index (χ1v) is 9.60. The van der Waals surface area contributed by atoms with Crippen molar-refractivity contribution in [3.8, 4) is 0 Å². The van der Waals surface area contributed by atoms with Crippen LogP contribution in [0.2, 0.25) is 5.02 Å². The quantitative estimate of drug-likeness (QED) is 0.421. The highest BCUT2D eigenvalue weighted by molar-refractivity contribution is 6.31. The molecule has 0 amide bonds. The number of hydrogen-bond acceptors (Lipinski definition) is 8. The molecule has 0 aromatic heterocycles. The van der Waals surface area contributed by atoms with E-state index in [1.807, 2.05) is 0 Å². The van der Waals surface area contributed by atoms with Crippen molar-refractivity contribution in [1.82, 2.24) is 0 Å². The maximum Gasteiger partial charge on any atom is 0.337 e. The smallest absolute Gasteiger partial charge is 0.337 e. The van der Waals surface area contributed by atoms with Gasteiger partial charge >= 0.3 is 5.97 Å². The predicted octanol–water partition coefficient (Wildman–Crippen LogP) is 0.336. The van der Waals surface area contributed by atoms with E-state index < -0.39 is 42.8 Å². The van der Waals surface area contributed by atoms with Crippen LogP contribution in [0.3, 0.4) is 0 Å². The molecule has 1 saturated heterocycles. The second-order valence-electron chi connectivity index (χ2n) is 7.13. The average molecular weight is 439 g/mol. The van der Waals surface area contributed by atoms with Gasteiger partial charge in [0.2, 0.25) is 5.79 Å². The fourth-order valence-corrected chi connectivity index (χ4v) is 3.61. The van der Waals surface area contributed by atoms with Gasteiger partial charge < -0.3 is 35.0 Å². The van der Waals surface area contributed by atoms with E-state index in [0.29, 0.717) is 22.6 Å². The van der Waals surface area contributed by atoms with Gasteiger partial charge in [-0.2, -0.15) is 0 Å². The summed E-state index contributed by atoms with van der Waals surface area (Å²) in [4.78, 5) is 11.6. The molecule has 9 heteroatoms. The number of carbonyl (C=O) groups is 1. The Hall–Kier alpha value is -2.04. The number of ether oxygens (including phenoxy) is 2. The molecule has 1 fully saturated rings. The monoisotopic (exact) mass is 438 g/mol. The van der Waals surface area contributed by atoms with Gasteiger partial charge in [0.05, 0.1) is 19.3 Å². The minimum atomic E-state index is -2.36. The van der Waals surface area contributed by atoms with E-state index in [2.05, 4.69) is 4.74 Å². The predicted molar refractivity (Wildman–Crippen MR) is 106 cm³/mol. The molecule has 2 aromatic rings. The Kier molecular flexibility index (Phi) is 6.78. The number of aliphatic hydroxyl groups excluding tert-OH is 4. The van der Waals surface area contributed by atoms with E-state index in [1.165, 1.54) is 25.3 Å². The standard InChI is InChI=1S/C21H23ClO8/c1-29-20(27)12-4-2-11(3-5-12)8-13-9-14(6-7-15(13)22)21(28)19(26)18(25)17(24)16(10-23)30-21/h2-7,9,16-19,23-26,28H,8,10H2,1H3/t16-,17-,18+,19-,21-/m1/s1. The van der Waals surface area contributed by atoms with Crippen LogP contribution in [0, 0.1) is 0 Å². The van der Waals surface area contributed by atoms with Crippen molar-refractivity contribution >= 4 is 17.6 Å². The zero-order valence-corrected chi connectivity index (χ0v) is 16.9. The van der Waals surface area contributed by atoms with Crippen molar-refractivity contribution in [2.75, 3.05) is 13.7 Å². The normalized spacial score (nSPS) is 28.9. The van der Waals surface area contributed by atoms with Crippen LogP contribution in [-0.4, -0.2) is 69.6 Å². The molecule has 5 N–H and O–H groups in total. The van der Waals surface area contributed by atoms with Crippen LogP contribution in [0.5, 0.6) is 0 Å². The third-order valence-electron chi connectivity index (χ3n) is 5.20. The van der Waals surface area contributed by atoms with Crippen molar-refractivity contribution in [3.63, 3.8) is 0 Å². The van der Waals surface area contributed by atoms with Crippen molar-refractivity contribution in [1.29, 1.82) is 0 Å². The Morgan fingerprint density at radius 2 is 1.80 bits per heavy atom. The summed E-state index contributed by atoms with van der Waals surface area (Å²) in [6, 6.07) is 11.1. The van der Waals surface area contributed by atoms with Gasteiger partial charge in [0.15, 0.2) is 0 Å². The van der Waals surface area contributed by atoms with Gasteiger partial charge in [-0.1, -0.05) is 29.8 Å². The van der Waals surface area contributed by atoms with Crippen LogP contribution < -0.4 is 0 Å². The Bertz CT molecular complexity index is 900. The lowest BCUT2D eigenvalue weighted by atomic mass is 9.87. The molecule has 1 aliphatic rings. The number of hydrogen-bond donors (Lipinski definition) is 5. The number of halogens is 1. The first-order chi connectivity index (χ1) is 14.2. The Labute approximate surface area is 177 Å². The van der Waals surface area contributed by atoms with Gasteiger partial charge in [-0.05, 0) is 41.8 Å². The van der Waals surface area contributed by atoms with E-state index >= 15 is 0 Å². The lowest BCUT2D eigenvalue weighted by Crippen LogP contribution is -2.63. The Morgan fingerprint density at radius 1 is 1.13 bits per heavy atom. The number of methoxy groups -OCH3 is 1. The van der Waals surface area contributed by atoms with Gasteiger partial charge in [-0.25, -0.2) is 4.79 Å². The van der Waals surface area contributed by atoms with E-state index in [0.717, 1.165) is 5.56 Å². The summed E-state index contributed by atoms with van der Waals surface area (Å²) in [6.07, 6.45) is -6.10. The molecule has 0 saturated carbocycles. The molecule has 2 aromatic carbocycles. The third kappa shape index (κ3) is 4.21. The number of esters is 1. The first kappa shape index (κ1) is 22.6. The van der Waals surface area contributed by atoms with Gasteiger partial charge in [0, 0.05) is 10.6 Å². The van der Waals surface area contributed by atoms with Crippen LogP contribution in [-0.2, 0) is 21.7 Å². The fraction of sp³-hybridized carbons (Fsp3) is 0.381. The molecular formula is C21H23ClO8. The summed E-state index contributed by atoms with van der Waals surface area (Å²) >= 11 is 6.29. The molecule has 3 rings (SSSR count). The van der Waals surface area contributed by atoms with Gasteiger partial charge in [-0.15, -0.1) is 0 Å². The third-order valence-corrected chi connectivity index (χ3v) is 5.56. The molecule has 8 nitrogen and oxygen atoms in total. The van der Waals surface area contributed by atoms with Crippen LogP contribution >= 0.6 is 11.6 Å². The van der Waals surface area contributed by atoms with E-state index in [4.69, 9.17) is 16.3 Å². The summed E-state index contributed by atoms with van der Waals surface area (Å²) in [5.74, 6) is -2.81. The molecule has 0 unspecified atom stereocenters. The van der Waals surface area contributed by atoms with Crippen molar-refractivity contribution in [2.24, 2.45) is 0 Å². The van der Waals surface area contributed by atoms with E-state index in [9.17, 15) is 30.3 Å². The number of benzene rings is 2. The second kappa shape index (κ2) is 8.99. The number of rotatable bonds is 5. The van der Waals surface area contributed by atoms with E-state index in [1.54, 1.807) is 24.3 Å². The van der Waals surface area contributed by atoms with Gasteiger partial charge in [0.25, 0.3) is 0 Å². The second-order valence-corrected chi connectivity index (χ2v) is 7.54. The largest absolute Gasteiger partial charge is 0.465 e. The molecule has 1 heterocycles. The lowest BCUT2D eigenvalue weighted by Gasteiger charge is -2.45. The maximum atomic E-state index is 11.6. The topological polar surface area (TPSA) is 137 Å². The summed E-state index contributed by atoms with van der Waals surface area (Å²) in [5.41, 5.74) is 1.91. The molecular weight excluding hydrogens is 416 g/mol. The Morgan fingerprint density at radius 3 is 2.40 bits per heavy atom. The summed E-state index contributed by atoms with van der Waals surface area (Å²) < 4.78 is 10.0. The lowest BCUT2D eigenvalue weighted by molar-refractivity contribution is -0.357.